The van der Waals surface area contributed by atoms with Crippen LogP contribution in [-0.4, -0.2) is 54.3 Å². The number of carbonyl (C=O) groups excluding carboxylic acids is 3. The molecule has 6 heteroatoms. The van der Waals surface area contributed by atoms with Gasteiger partial charge in [-0.25, -0.2) is 4.79 Å². The third-order valence-corrected chi connectivity index (χ3v) is 3.89. The predicted octanol–water partition coefficient (Wildman–Crippen LogP) is 0.289. The minimum absolute atomic E-state index is 0.102. The Morgan fingerprint density at radius 1 is 1.32 bits per heavy atom. The normalized spacial score (nSPS) is 29.3. The summed E-state index contributed by atoms with van der Waals surface area (Å²) in [5.74, 6) is -1.35. The second-order valence-electron chi connectivity index (χ2n) is 5.88. The van der Waals surface area contributed by atoms with Gasteiger partial charge in [-0.05, 0) is 31.8 Å². The fourth-order valence-electron chi connectivity index (χ4n) is 2.83. The van der Waals surface area contributed by atoms with Crippen LogP contribution in [0, 0.1) is 17.8 Å². The number of barbiturate groups is 1. The number of nitrogens with zero attached hydrogens (tertiary/aromatic N) is 2. The Hall–Kier alpha value is -1.43. The Labute approximate surface area is 113 Å². The molecule has 0 aromatic rings. The van der Waals surface area contributed by atoms with E-state index in [1.165, 1.54) is 4.90 Å². The molecule has 2 aliphatic rings. The summed E-state index contributed by atoms with van der Waals surface area (Å²) in [4.78, 5) is 39.2. The van der Waals surface area contributed by atoms with E-state index in [-0.39, 0.29) is 11.8 Å². The summed E-state index contributed by atoms with van der Waals surface area (Å²) >= 11 is 0. The molecule has 0 radical (unpaired) electrons. The molecular formula is C13H21N3O3. The number of rotatable bonds is 3. The lowest BCUT2D eigenvalue weighted by atomic mass is 9.91. The van der Waals surface area contributed by atoms with Gasteiger partial charge < -0.3 is 4.90 Å². The smallest absolute Gasteiger partial charge is 0.306 e. The summed E-state index contributed by atoms with van der Waals surface area (Å²) in [6.07, 6.45) is 0.980. The number of hydrogen-bond donors (Lipinski definition) is 1. The maximum Gasteiger partial charge on any atom is 0.330 e. The van der Waals surface area contributed by atoms with Crippen LogP contribution in [0.2, 0.25) is 0 Å². The average molecular weight is 267 g/mol. The van der Waals surface area contributed by atoms with E-state index in [4.69, 9.17) is 0 Å². The molecule has 0 aliphatic carbocycles. The van der Waals surface area contributed by atoms with E-state index >= 15 is 0 Å². The van der Waals surface area contributed by atoms with Crippen LogP contribution in [0.5, 0.6) is 0 Å². The first-order valence-electron chi connectivity index (χ1n) is 6.75. The number of likely N-dealkylation sites (tertiary alicyclic amines) is 1. The highest BCUT2D eigenvalue weighted by molar-refractivity contribution is 6.16. The highest BCUT2D eigenvalue weighted by Crippen LogP contribution is 2.22. The van der Waals surface area contributed by atoms with Gasteiger partial charge in [-0.3, -0.25) is 19.8 Å². The van der Waals surface area contributed by atoms with Gasteiger partial charge in [0.1, 0.15) is 5.92 Å². The number of hydrogen-bond acceptors (Lipinski definition) is 4. The van der Waals surface area contributed by atoms with Crippen molar-refractivity contribution in [3.8, 4) is 0 Å². The predicted molar refractivity (Wildman–Crippen MR) is 69.2 cm³/mol. The summed E-state index contributed by atoms with van der Waals surface area (Å²) in [7, 11) is 2.03. The van der Waals surface area contributed by atoms with Gasteiger partial charge >= 0.3 is 6.03 Å². The van der Waals surface area contributed by atoms with Gasteiger partial charge in [0.25, 0.3) is 0 Å². The van der Waals surface area contributed by atoms with E-state index in [1.54, 1.807) is 0 Å². The molecule has 106 valence electrons. The Kier molecular flexibility index (Phi) is 3.89. The number of urea groups is 1. The number of carbonyl (C=O) groups is 3. The van der Waals surface area contributed by atoms with Crippen molar-refractivity contribution in [2.75, 3.05) is 26.7 Å². The molecule has 4 amide bonds. The number of nitrogens with one attached hydrogen (secondary N) is 1. The second-order valence-corrected chi connectivity index (χ2v) is 5.88. The van der Waals surface area contributed by atoms with Crippen molar-refractivity contribution >= 4 is 17.8 Å². The highest BCUT2D eigenvalue weighted by Gasteiger charge is 2.42. The minimum Gasteiger partial charge on any atom is -0.306 e. The molecule has 6 nitrogen and oxygen atoms in total. The molecule has 2 saturated heterocycles. The van der Waals surface area contributed by atoms with Crippen molar-refractivity contribution in [2.45, 2.75) is 20.3 Å². The second kappa shape index (κ2) is 5.28. The molecule has 0 aromatic carbocycles. The molecule has 2 unspecified atom stereocenters. The SMILES string of the molecule is CC(C)C1C(=O)NC(=O)N(CC2CCN(C)C2)C1=O. The van der Waals surface area contributed by atoms with Crippen molar-refractivity contribution < 1.29 is 14.4 Å². The fraction of sp³-hybridized carbons (Fsp3) is 0.769. The highest BCUT2D eigenvalue weighted by atomic mass is 16.2. The van der Waals surface area contributed by atoms with Crippen LogP contribution < -0.4 is 5.32 Å². The van der Waals surface area contributed by atoms with Crippen LogP contribution >= 0.6 is 0 Å². The maximum atomic E-state index is 12.3. The molecule has 2 heterocycles. The van der Waals surface area contributed by atoms with Crippen LogP contribution in [0.1, 0.15) is 20.3 Å². The minimum atomic E-state index is -0.739. The van der Waals surface area contributed by atoms with E-state index in [0.717, 1.165) is 19.5 Å². The van der Waals surface area contributed by atoms with Crippen molar-refractivity contribution in [1.29, 1.82) is 0 Å². The van der Waals surface area contributed by atoms with Gasteiger partial charge in [0.15, 0.2) is 0 Å². The molecule has 2 fully saturated rings. The van der Waals surface area contributed by atoms with Gasteiger partial charge in [0.05, 0.1) is 0 Å². The Morgan fingerprint density at radius 2 is 2.00 bits per heavy atom. The summed E-state index contributed by atoms with van der Waals surface area (Å²) in [5.41, 5.74) is 0. The molecule has 19 heavy (non-hydrogen) atoms. The molecule has 1 N–H and O–H groups in total. The van der Waals surface area contributed by atoms with E-state index in [2.05, 4.69) is 10.2 Å². The maximum absolute atomic E-state index is 12.3. The molecule has 2 aliphatic heterocycles. The lowest BCUT2D eigenvalue weighted by Crippen LogP contribution is -2.60. The van der Waals surface area contributed by atoms with Gasteiger partial charge in [0, 0.05) is 13.1 Å². The first-order valence-corrected chi connectivity index (χ1v) is 6.75. The fourth-order valence-corrected chi connectivity index (χ4v) is 2.83. The van der Waals surface area contributed by atoms with Gasteiger partial charge in [-0.2, -0.15) is 0 Å². The lowest BCUT2D eigenvalue weighted by Gasteiger charge is -2.33. The Bertz CT molecular complexity index is 408. The molecule has 0 saturated carbocycles. The summed E-state index contributed by atoms with van der Waals surface area (Å²) < 4.78 is 0. The summed E-state index contributed by atoms with van der Waals surface area (Å²) in [5, 5.41) is 2.29. The molecular weight excluding hydrogens is 246 g/mol. The lowest BCUT2D eigenvalue weighted by molar-refractivity contribution is -0.144. The zero-order chi connectivity index (χ0) is 14.2. The van der Waals surface area contributed by atoms with Crippen LogP contribution in [0.3, 0.4) is 0 Å². The molecule has 2 atom stereocenters. The Balaban J connectivity index is 2.08. The summed E-state index contributed by atoms with van der Waals surface area (Å²) in [6.45, 7) is 5.92. The molecule has 0 spiro atoms. The van der Waals surface area contributed by atoms with E-state index in [9.17, 15) is 14.4 Å². The van der Waals surface area contributed by atoms with Crippen molar-refractivity contribution in [1.82, 2.24) is 15.1 Å². The molecule has 0 aromatic heterocycles. The standard InChI is InChI=1S/C13H21N3O3/c1-8(2)10-11(17)14-13(19)16(12(10)18)7-9-4-5-15(3)6-9/h8-10H,4-7H2,1-3H3,(H,14,17,19). The number of imide groups is 2. The summed E-state index contributed by atoms with van der Waals surface area (Å²) in [6, 6.07) is -0.568. The average Bonchev–Trinajstić information content (AvgIpc) is 2.69. The first kappa shape index (κ1) is 14.0. The van der Waals surface area contributed by atoms with Gasteiger partial charge in [-0.15, -0.1) is 0 Å². The molecule has 0 bridgehead atoms. The number of amides is 4. The quantitative estimate of drug-likeness (QED) is 0.746. The zero-order valence-corrected chi connectivity index (χ0v) is 11.7. The third kappa shape index (κ3) is 2.78. The van der Waals surface area contributed by atoms with Gasteiger partial charge in [0.2, 0.25) is 11.8 Å². The first-order chi connectivity index (χ1) is 8.90. The van der Waals surface area contributed by atoms with Gasteiger partial charge in [-0.1, -0.05) is 13.8 Å². The zero-order valence-electron chi connectivity index (χ0n) is 11.7. The van der Waals surface area contributed by atoms with E-state index in [0.29, 0.717) is 12.5 Å². The van der Waals surface area contributed by atoms with E-state index < -0.39 is 17.9 Å². The van der Waals surface area contributed by atoms with Crippen LogP contribution in [0.25, 0.3) is 0 Å². The van der Waals surface area contributed by atoms with Crippen molar-refractivity contribution in [3.63, 3.8) is 0 Å². The van der Waals surface area contributed by atoms with Crippen molar-refractivity contribution in [3.05, 3.63) is 0 Å². The third-order valence-electron chi connectivity index (χ3n) is 3.89. The molecule has 2 rings (SSSR count). The topological polar surface area (TPSA) is 69.7 Å². The van der Waals surface area contributed by atoms with Crippen LogP contribution in [0.15, 0.2) is 0 Å². The largest absolute Gasteiger partial charge is 0.330 e. The van der Waals surface area contributed by atoms with Crippen molar-refractivity contribution in [2.24, 2.45) is 17.8 Å². The monoisotopic (exact) mass is 267 g/mol. The van der Waals surface area contributed by atoms with E-state index in [1.807, 2.05) is 20.9 Å². The Morgan fingerprint density at radius 3 is 2.53 bits per heavy atom. The van der Waals surface area contributed by atoms with Crippen LogP contribution in [0.4, 0.5) is 4.79 Å². The van der Waals surface area contributed by atoms with Crippen LogP contribution in [-0.2, 0) is 9.59 Å².